The van der Waals surface area contributed by atoms with E-state index in [4.69, 9.17) is 0 Å². The molecule has 0 aliphatic carbocycles. The number of rotatable bonds is 4. The highest BCUT2D eigenvalue weighted by Gasteiger charge is 2.29. The normalized spacial score (nSPS) is 16.2. The van der Waals surface area contributed by atoms with Gasteiger partial charge in [-0.15, -0.1) is 0 Å². The number of likely N-dealkylation sites (tertiary alicyclic amines) is 1. The molecule has 2 aromatic carbocycles. The first-order chi connectivity index (χ1) is 12.2. The van der Waals surface area contributed by atoms with E-state index in [0.29, 0.717) is 26.1 Å². The third-order valence-corrected chi connectivity index (χ3v) is 4.16. The van der Waals surface area contributed by atoms with Crippen LogP contribution < -0.4 is 5.32 Å². The molecule has 1 N–H and O–H groups in total. The highest BCUT2D eigenvalue weighted by Crippen LogP contribution is 2.19. The molecule has 1 saturated heterocycles. The Hall–Kier alpha value is -3.06. The molecule has 1 aliphatic rings. The van der Waals surface area contributed by atoms with Crippen LogP contribution in [0.1, 0.15) is 17.5 Å². The average Bonchev–Trinajstić information content (AvgIpc) is 2.99. The summed E-state index contributed by atoms with van der Waals surface area (Å²) >= 11 is 0. The Labute approximate surface area is 147 Å². The van der Waals surface area contributed by atoms with Gasteiger partial charge in [-0.3, -0.25) is 9.59 Å². The quantitative estimate of drug-likeness (QED) is 0.873. The van der Waals surface area contributed by atoms with E-state index in [1.165, 1.54) is 0 Å². The second-order valence-electron chi connectivity index (χ2n) is 6.16. The van der Waals surface area contributed by atoms with Crippen LogP contribution in [0.5, 0.6) is 0 Å². The molecule has 4 heteroatoms. The van der Waals surface area contributed by atoms with Crippen molar-refractivity contribution in [2.75, 3.05) is 13.1 Å². The van der Waals surface area contributed by atoms with Crippen molar-refractivity contribution in [1.82, 2.24) is 10.2 Å². The van der Waals surface area contributed by atoms with Gasteiger partial charge in [0.2, 0.25) is 5.91 Å². The number of nitrogens with zero attached hydrogens (tertiary/aromatic N) is 1. The Bertz CT molecular complexity index is 791. The minimum absolute atomic E-state index is 0.137. The second-order valence-corrected chi connectivity index (χ2v) is 6.16. The zero-order valence-corrected chi connectivity index (χ0v) is 13.9. The van der Waals surface area contributed by atoms with Crippen molar-refractivity contribution in [3.63, 3.8) is 0 Å². The smallest absolute Gasteiger partial charge is 0.296 e. The van der Waals surface area contributed by atoms with Gasteiger partial charge in [-0.25, -0.2) is 0 Å². The predicted molar refractivity (Wildman–Crippen MR) is 96.3 cm³/mol. The van der Waals surface area contributed by atoms with Crippen LogP contribution in [0.2, 0.25) is 0 Å². The first kappa shape index (κ1) is 16.8. The minimum Gasteiger partial charge on any atom is -0.345 e. The summed E-state index contributed by atoms with van der Waals surface area (Å²) in [6, 6.07) is 19.3. The van der Waals surface area contributed by atoms with Crippen molar-refractivity contribution in [1.29, 1.82) is 0 Å². The van der Waals surface area contributed by atoms with Crippen molar-refractivity contribution >= 4 is 11.8 Å². The van der Waals surface area contributed by atoms with Gasteiger partial charge in [-0.05, 0) is 17.7 Å². The van der Waals surface area contributed by atoms with E-state index in [9.17, 15) is 9.59 Å². The van der Waals surface area contributed by atoms with Crippen LogP contribution in [-0.2, 0) is 16.1 Å². The van der Waals surface area contributed by atoms with Gasteiger partial charge in [0.15, 0.2) is 0 Å². The molecule has 0 saturated carbocycles. The molecule has 25 heavy (non-hydrogen) atoms. The molecule has 2 aromatic rings. The maximum atomic E-state index is 12.1. The average molecular weight is 332 g/mol. The topological polar surface area (TPSA) is 49.4 Å². The van der Waals surface area contributed by atoms with Gasteiger partial charge < -0.3 is 10.2 Å². The summed E-state index contributed by atoms with van der Waals surface area (Å²) in [7, 11) is 0. The van der Waals surface area contributed by atoms with E-state index >= 15 is 0 Å². The van der Waals surface area contributed by atoms with E-state index < -0.39 is 0 Å². The van der Waals surface area contributed by atoms with Gasteiger partial charge in [0.1, 0.15) is 0 Å². The van der Waals surface area contributed by atoms with E-state index in [2.05, 4.69) is 17.2 Å². The molecule has 0 unspecified atom stereocenters. The number of carbonyl (C=O) groups is 2. The highest BCUT2D eigenvalue weighted by atomic mass is 16.2. The van der Waals surface area contributed by atoms with Crippen LogP contribution in [0.3, 0.4) is 0 Å². The lowest BCUT2D eigenvalue weighted by Gasteiger charge is -2.16. The number of amides is 2. The van der Waals surface area contributed by atoms with E-state index in [1.54, 1.807) is 0 Å². The Kier molecular flexibility index (Phi) is 5.48. The molecule has 1 heterocycles. The van der Waals surface area contributed by atoms with Gasteiger partial charge in [0, 0.05) is 43.5 Å². The second kappa shape index (κ2) is 8.16. The third kappa shape index (κ3) is 4.95. The maximum absolute atomic E-state index is 12.1. The van der Waals surface area contributed by atoms with E-state index in [0.717, 1.165) is 11.1 Å². The molecule has 4 nitrogen and oxygen atoms in total. The van der Waals surface area contributed by atoms with Crippen LogP contribution in [0.25, 0.3) is 0 Å². The third-order valence-electron chi connectivity index (χ3n) is 4.16. The lowest BCUT2D eigenvalue weighted by Crippen LogP contribution is -2.30. The molecule has 0 radical (unpaired) electrons. The zero-order valence-electron chi connectivity index (χ0n) is 13.9. The van der Waals surface area contributed by atoms with Crippen molar-refractivity contribution in [2.45, 2.75) is 13.0 Å². The van der Waals surface area contributed by atoms with Gasteiger partial charge in [0.05, 0.1) is 0 Å². The van der Waals surface area contributed by atoms with Crippen LogP contribution in [-0.4, -0.2) is 29.8 Å². The molecule has 1 atom stereocenters. The van der Waals surface area contributed by atoms with Gasteiger partial charge in [-0.2, -0.15) is 0 Å². The van der Waals surface area contributed by atoms with Crippen molar-refractivity contribution < 1.29 is 9.59 Å². The number of nitrogens with one attached hydrogen (secondary N) is 1. The summed E-state index contributed by atoms with van der Waals surface area (Å²) < 4.78 is 0. The molecular formula is C21H20N2O2. The molecule has 0 spiro atoms. The van der Waals surface area contributed by atoms with Crippen LogP contribution in [0.4, 0.5) is 0 Å². The largest absolute Gasteiger partial charge is 0.345 e. The van der Waals surface area contributed by atoms with Crippen molar-refractivity contribution in [2.24, 2.45) is 5.92 Å². The SMILES string of the molecule is O=C(C#Cc1ccccc1)NC[C@@H]1CC(=O)N(Cc2ccccc2)C1. The zero-order chi connectivity index (χ0) is 17.5. The Morgan fingerprint density at radius 3 is 2.48 bits per heavy atom. The first-order valence-electron chi connectivity index (χ1n) is 8.37. The summed E-state index contributed by atoms with van der Waals surface area (Å²) in [5.74, 6) is 5.38. The Morgan fingerprint density at radius 2 is 1.76 bits per heavy atom. The summed E-state index contributed by atoms with van der Waals surface area (Å²) in [5, 5.41) is 2.81. The number of carbonyl (C=O) groups excluding carboxylic acids is 2. The summed E-state index contributed by atoms with van der Waals surface area (Å²) in [6.07, 6.45) is 0.471. The molecule has 2 amide bonds. The molecule has 126 valence electrons. The number of benzene rings is 2. The van der Waals surface area contributed by atoms with Crippen molar-refractivity contribution in [3.05, 3.63) is 71.8 Å². The minimum atomic E-state index is -0.308. The molecule has 1 aliphatic heterocycles. The maximum Gasteiger partial charge on any atom is 0.296 e. The molecule has 0 aromatic heterocycles. The summed E-state index contributed by atoms with van der Waals surface area (Å²) in [6.45, 7) is 1.76. The van der Waals surface area contributed by atoms with Crippen molar-refractivity contribution in [3.8, 4) is 11.8 Å². The molecular weight excluding hydrogens is 312 g/mol. The predicted octanol–water partition coefficient (Wildman–Crippen LogP) is 2.20. The molecule has 0 bridgehead atoms. The Balaban J connectivity index is 1.47. The Morgan fingerprint density at radius 1 is 1.08 bits per heavy atom. The lowest BCUT2D eigenvalue weighted by molar-refractivity contribution is -0.128. The molecule has 1 fully saturated rings. The summed E-state index contributed by atoms with van der Waals surface area (Å²) in [5.41, 5.74) is 1.93. The van der Waals surface area contributed by atoms with E-state index in [-0.39, 0.29) is 17.7 Å². The fourth-order valence-corrected chi connectivity index (χ4v) is 2.88. The molecule has 3 rings (SSSR count). The fraction of sp³-hybridized carbons (Fsp3) is 0.238. The monoisotopic (exact) mass is 332 g/mol. The number of hydrogen-bond acceptors (Lipinski definition) is 2. The van der Waals surface area contributed by atoms with Gasteiger partial charge >= 0.3 is 0 Å². The van der Waals surface area contributed by atoms with Gasteiger partial charge in [0.25, 0.3) is 5.91 Å². The lowest BCUT2D eigenvalue weighted by atomic mass is 10.1. The van der Waals surface area contributed by atoms with Crippen LogP contribution >= 0.6 is 0 Å². The first-order valence-corrected chi connectivity index (χ1v) is 8.37. The highest BCUT2D eigenvalue weighted by molar-refractivity contribution is 5.94. The standard InChI is InChI=1S/C21H20N2O2/c24-20(12-11-17-7-3-1-4-8-17)22-14-19-13-21(25)23(16-19)15-18-9-5-2-6-10-18/h1-10,19H,13-16H2,(H,22,24)/t19-/m0/s1. The van der Waals surface area contributed by atoms with Crippen LogP contribution in [0, 0.1) is 17.8 Å². The van der Waals surface area contributed by atoms with Gasteiger partial charge in [-0.1, -0.05) is 54.5 Å². The number of hydrogen-bond donors (Lipinski definition) is 1. The summed E-state index contributed by atoms with van der Waals surface area (Å²) in [4.78, 5) is 25.8. The van der Waals surface area contributed by atoms with E-state index in [1.807, 2.05) is 65.6 Å². The van der Waals surface area contributed by atoms with Crippen LogP contribution in [0.15, 0.2) is 60.7 Å². The fourth-order valence-electron chi connectivity index (χ4n) is 2.88.